The van der Waals surface area contributed by atoms with E-state index < -0.39 is 6.04 Å². The van der Waals surface area contributed by atoms with E-state index in [2.05, 4.69) is 16.0 Å². The van der Waals surface area contributed by atoms with E-state index in [1.54, 1.807) is 0 Å². The Labute approximate surface area is 134 Å². The van der Waals surface area contributed by atoms with Crippen molar-refractivity contribution in [3.8, 4) is 0 Å². The van der Waals surface area contributed by atoms with E-state index >= 15 is 0 Å². The molecule has 2 fully saturated rings. The van der Waals surface area contributed by atoms with E-state index in [9.17, 15) is 14.4 Å². The smallest absolute Gasteiger partial charge is 0.315 e. The molecule has 3 amide bonds. The van der Waals surface area contributed by atoms with Crippen LogP contribution < -0.4 is 16.0 Å². The number of rotatable bonds is 8. The third-order valence-corrected chi connectivity index (χ3v) is 5.60. The number of ketones is 1. The van der Waals surface area contributed by atoms with Gasteiger partial charge in [-0.2, -0.15) is 11.8 Å². The summed E-state index contributed by atoms with van der Waals surface area (Å²) in [4.78, 5) is 34.1. The Hall–Kier alpha value is -1.28. The van der Waals surface area contributed by atoms with Crippen LogP contribution in [0, 0.1) is 0 Å². The summed E-state index contributed by atoms with van der Waals surface area (Å²) in [6.07, 6.45) is 2.93. The molecule has 0 aliphatic carbocycles. The number of fused-ring (bicyclic) bond motifs is 1. The van der Waals surface area contributed by atoms with Crippen LogP contribution in [0.4, 0.5) is 4.79 Å². The van der Waals surface area contributed by atoms with Crippen LogP contribution in [0.3, 0.4) is 0 Å². The van der Waals surface area contributed by atoms with Crippen LogP contribution >= 0.6 is 11.8 Å². The van der Waals surface area contributed by atoms with Gasteiger partial charge in [0.15, 0.2) is 5.78 Å². The molecular weight excluding hydrogens is 306 g/mol. The van der Waals surface area contributed by atoms with Crippen molar-refractivity contribution in [2.45, 2.75) is 56.0 Å². The monoisotopic (exact) mass is 329 g/mol. The summed E-state index contributed by atoms with van der Waals surface area (Å²) >= 11 is 1.86. The number of aliphatic hydroxyl groups excluding tert-OH is 1. The molecule has 0 saturated carbocycles. The average Bonchev–Trinajstić information content (AvgIpc) is 3.00. The number of thioether (sulfide) groups is 1. The summed E-state index contributed by atoms with van der Waals surface area (Å²) in [6, 6.07) is -0.452. The van der Waals surface area contributed by atoms with Crippen LogP contribution in [0.5, 0.6) is 0 Å². The second-order valence-electron chi connectivity index (χ2n) is 5.78. The number of carbonyl (C=O) groups excluding carboxylic acids is 3. The molecule has 2 aliphatic rings. The van der Waals surface area contributed by atoms with Gasteiger partial charge in [-0.05, 0) is 19.8 Å². The number of unbranched alkanes of at least 4 members (excludes halogenated alkanes) is 1. The Kier molecular flexibility index (Phi) is 6.07. The SMILES string of the molecule is CC(=O)C(CO)NC(=O)CCCC[C@@H]1SC[C@@H]2NC(=O)N[C@@H]21. The van der Waals surface area contributed by atoms with Gasteiger partial charge in [-0.1, -0.05) is 6.42 Å². The maximum atomic E-state index is 11.7. The molecule has 2 aliphatic heterocycles. The van der Waals surface area contributed by atoms with Crippen LogP contribution in [-0.2, 0) is 9.59 Å². The van der Waals surface area contributed by atoms with Crippen molar-refractivity contribution in [3.63, 3.8) is 0 Å². The van der Waals surface area contributed by atoms with Crippen LogP contribution in [0.15, 0.2) is 0 Å². The summed E-state index contributed by atoms with van der Waals surface area (Å²) in [5.41, 5.74) is 0. The number of Topliss-reactive ketones (excluding diaryl/α,β-unsaturated/α-hetero) is 1. The van der Waals surface area contributed by atoms with Crippen molar-refractivity contribution >= 4 is 29.5 Å². The van der Waals surface area contributed by atoms with Gasteiger partial charge in [-0.25, -0.2) is 4.79 Å². The summed E-state index contributed by atoms with van der Waals surface area (Å²) in [7, 11) is 0. The number of hydrogen-bond acceptors (Lipinski definition) is 5. The fourth-order valence-corrected chi connectivity index (χ4v) is 4.36. The molecule has 0 spiro atoms. The van der Waals surface area contributed by atoms with Crippen molar-refractivity contribution in [1.82, 2.24) is 16.0 Å². The minimum Gasteiger partial charge on any atom is -0.394 e. The first-order valence-electron chi connectivity index (χ1n) is 7.60. The Bertz CT molecular complexity index is 446. The Morgan fingerprint density at radius 3 is 2.86 bits per heavy atom. The van der Waals surface area contributed by atoms with E-state index in [0.29, 0.717) is 11.7 Å². The van der Waals surface area contributed by atoms with E-state index in [0.717, 1.165) is 25.0 Å². The first kappa shape index (κ1) is 17.1. The number of carbonyl (C=O) groups is 3. The first-order chi connectivity index (χ1) is 10.5. The molecule has 8 heteroatoms. The Morgan fingerprint density at radius 2 is 2.18 bits per heavy atom. The molecule has 0 aromatic rings. The molecule has 124 valence electrons. The third kappa shape index (κ3) is 4.36. The zero-order chi connectivity index (χ0) is 16.1. The van der Waals surface area contributed by atoms with Gasteiger partial charge in [0, 0.05) is 17.4 Å². The van der Waals surface area contributed by atoms with Crippen molar-refractivity contribution in [1.29, 1.82) is 0 Å². The standard InChI is InChI=1S/C14H23N3O4S/c1-8(19)9(6-18)15-12(20)5-3-2-4-11-13-10(7-22-11)16-14(21)17-13/h9-11,13,18H,2-7H2,1H3,(H,15,20)(H2,16,17,21)/t9?,10-,11-,13-/m0/s1. The Balaban J connectivity index is 1.62. The maximum Gasteiger partial charge on any atom is 0.315 e. The number of hydrogen-bond donors (Lipinski definition) is 4. The average molecular weight is 329 g/mol. The number of aliphatic hydroxyl groups is 1. The lowest BCUT2D eigenvalue weighted by Crippen LogP contribution is -2.42. The molecule has 4 atom stereocenters. The van der Waals surface area contributed by atoms with Crippen LogP contribution in [0.2, 0.25) is 0 Å². The molecule has 1 unspecified atom stereocenters. The summed E-state index contributed by atoms with van der Waals surface area (Å²) in [6.45, 7) is 0.981. The lowest BCUT2D eigenvalue weighted by Gasteiger charge is -2.16. The van der Waals surface area contributed by atoms with Crippen LogP contribution in [0.1, 0.15) is 32.6 Å². The van der Waals surface area contributed by atoms with Gasteiger partial charge in [0.2, 0.25) is 5.91 Å². The van der Waals surface area contributed by atoms with Gasteiger partial charge in [-0.15, -0.1) is 0 Å². The predicted octanol–water partition coefficient (Wildman–Crippen LogP) is -0.222. The van der Waals surface area contributed by atoms with E-state index in [-0.39, 0.29) is 36.4 Å². The zero-order valence-corrected chi connectivity index (χ0v) is 13.4. The van der Waals surface area contributed by atoms with Gasteiger partial charge in [0.1, 0.15) is 6.04 Å². The van der Waals surface area contributed by atoms with Crippen molar-refractivity contribution < 1.29 is 19.5 Å². The largest absolute Gasteiger partial charge is 0.394 e. The molecule has 2 saturated heterocycles. The molecule has 0 bridgehead atoms. The molecule has 22 heavy (non-hydrogen) atoms. The molecule has 0 aromatic heterocycles. The molecule has 2 rings (SSSR count). The summed E-state index contributed by atoms with van der Waals surface area (Å²) in [5, 5.41) is 17.8. The van der Waals surface area contributed by atoms with Crippen molar-refractivity contribution in [2.75, 3.05) is 12.4 Å². The van der Waals surface area contributed by atoms with Crippen molar-refractivity contribution in [3.05, 3.63) is 0 Å². The highest BCUT2D eigenvalue weighted by Crippen LogP contribution is 2.33. The normalized spacial score (nSPS) is 27.7. The van der Waals surface area contributed by atoms with Gasteiger partial charge < -0.3 is 21.1 Å². The fraction of sp³-hybridized carbons (Fsp3) is 0.786. The fourth-order valence-electron chi connectivity index (χ4n) is 2.82. The molecule has 7 nitrogen and oxygen atoms in total. The molecule has 0 radical (unpaired) electrons. The lowest BCUT2D eigenvalue weighted by atomic mass is 10.0. The van der Waals surface area contributed by atoms with Crippen LogP contribution in [0.25, 0.3) is 0 Å². The summed E-state index contributed by atoms with van der Waals surface area (Å²) < 4.78 is 0. The van der Waals surface area contributed by atoms with E-state index in [1.165, 1.54) is 6.92 Å². The minimum absolute atomic E-state index is 0.0843. The zero-order valence-electron chi connectivity index (χ0n) is 12.6. The third-order valence-electron chi connectivity index (χ3n) is 4.09. The topological polar surface area (TPSA) is 108 Å². The van der Waals surface area contributed by atoms with Gasteiger partial charge >= 0.3 is 6.03 Å². The lowest BCUT2D eigenvalue weighted by molar-refractivity contribution is -0.127. The van der Waals surface area contributed by atoms with Gasteiger partial charge in [0.25, 0.3) is 0 Å². The number of amides is 3. The molecular formula is C14H23N3O4S. The van der Waals surface area contributed by atoms with Crippen molar-refractivity contribution in [2.24, 2.45) is 0 Å². The van der Waals surface area contributed by atoms with E-state index in [4.69, 9.17) is 5.11 Å². The predicted molar refractivity (Wildman–Crippen MR) is 83.7 cm³/mol. The molecule has 0 aromatic carbocycles. The Morgan fingerprint density at radius 1 is 1.41 bits per heavy atom. The second-order valence-corrected chi connectivity index (χ2v) is 7.05. The summed E-state index contributed by atoms with van der Waals surface area (Å²) in [5.74, 6) is 0.487. The maximum absolute atomic E-state index is 11.7. The first-order valence-corrected chi connectivity index (χ1v) is 8.65. The molecule has 2 heterocycles. The highest BCUT2D eigenvalue weighted by Gasteiger charge is 2.42. The number of urea groups is 1. The highest BCUT2D eigenvalue weighted by molar-refractivity contribution is 8.00. The van der Waals surface area contributed by atoms with E-state index in [1.807, 2.05) is 11.8 Å². The van der Waals surface area contributed by atoms with Gasteiger partial charge in [0.05, 0.1) is 18.7 Å². The second kappa shape index (κ2) is 7.82. The quantitative estimate of drug-likeness (QED) is 0.364. The molecule has 4 N–H and O–H groups in total. The van der Waals surface area contributed by atoms with Crippen LogP contribution in [-0.4, -0.2) is 58.6 Å². The highest BCUT2D eigenvalue weighted by atomic mass is 32.2. The van der Waals surface area contributed by atoms with Gasteiger partial charge in [-0.3, -0.25) is 9.59 Å². The number of nitrogens with one attached hydrogen (secondary N) is 3. The minimum atomic E-state index is -0.793.